The lowest BCUT2D eigenvalue weighted by molar-refractivity contribution is 0.340. The maximum atomic E-state index is 12.8. The summed E-state index contributed by atoms with van der Waals surface area (Å²) in [7, 11) is 0. The van der Waals surface area contributed by atoms with Crippen molar-refractivity contribution in [3.63, 3.8) is 0 Å². The molecule has 5 nitrogen and oxygen atoms in total. The summed E-state index contributed by atoms with van der Waals surface area (Å²) in [6.07, 6.45) is 4.32. The van der Waals surface area contributed by atoms with E-state index in [1.807, 2.05) is 6.92 Å². The fourth-order valence-corrected chi connectivity index (χ4v) is 1.12. The second kappa shape index (κ2) is 4.04. The third kappa shape index (κ3) is 2.09. The van der Waals surface area contributed by atoms with Crippen LogP contribution in [0.2, 0.25) is 0 Å². The third-order valence-corrected chi connectivity index (χ3v) is 1.72. The van der Waals surface area contributed by atoms with Crippen molar-refractivity contribution in [1.29, 1.82) is 0 Å². The first-order valence-corrected chi connectivity index (χ1v) is 4.45. The van der Waals surface area contributed by atoms with Crippen LogP contribution in [0.25, 0.3) is 5.82 Å². The molecular weight excluding hydrogens is 199 g/mol. The molecule has 0 atom stereocenters. The molecule has 2 aromatic rings. The largest absolute Gasteiger partial charge is 0.491 e. The van der Waals surface area contributed by atoms with Gasteiger partial charge in [-0.3, -0.25) is 0 Å². The van der Waals surface area contributed by atoms with Crippen LogP contribution in [0.4, 0.5) is 4.39 Å². The smallest absolute Gasteiger partial charge is 0.218 e. The minimum Gasteiger partial charge on any atom is -0.491 e. The molecule has 15 heavy (non-hydrogen) atoms. The van der Waals surface area contributed by atoms with Gasteiger partial charge >= 0.3 is 0 Å². The van der Waals surface area contributed by atoms with Gasteiger partial charge in [-0.15, -0.1) is 0 Å². The maximum absolute atomic E-state index is 12.8. The lowest BCUT2D eigenvalue weighted by atomic mass is 10.5. The van der Waals surface area contributed by atoms with Crippen LogP contribution in [0, 0.1) is 5.95 Å². The highest BCUT2D eigenvalue weighted by atomic mass is 19.1. The van der Waals surface area contributed by atoms with Crippen LogP contribution >= 0.6 is 0 Å². The van der Waals surface area contributed by atoms with E-state index < -0.39 is 5.95 Å². The SMILES string of the molecule is CCOc1cnn(-c2cc(F)ncn2)c1. The molecule has 0 aliphatic heterocycles. The molecule has 0 N–H and O–H groups in total. The fourth-order valence-electron chi connectivity index (χ4n) is 1.12. The Hall–Kier alpha value is -1.98. The standard InChI is InChI=1S/C9H9FN4O/c1-2-15-7-4-13-14(5-7)9-3-8(10)11-6-12-9/h3-6H,2H2,1H3. The molecule has 0 spiro atoms. The van der Waals surface area contributed by atoms with Crippen LogP contribution in [0.1, 0.15) is 6.92 Å². The summed E-state index contributed by atoms with van der Waals surface area (Å²) in [5.41, 5.74) is 0. The predicted molar refractivity (Wildman–Crippen MR) is 50.3 cm³/mol. The number of aromatic nitrogens is 4. The zero-order valence-corrected chi connectivity index (χ0v) is 8.09. The average Bonchev–Trinajstić information content (AvgIpc) is 2.67. The Kier molecular flexibility index (Phi) is 2.57. The van der Waals surface area contributed by atoms with E-state index in [4.69, 9.17) is 4.74 Å². The van der Waals surface area contributed by atoms with Crippen molar-refractivity contribution >= 4 is 0 Å². The molecule has 0 radical (unpaired) electrons. The number of hydrogen-bond acceptors (Lipinski definition) is 4. The van der Waals surface area contributed by atoms with Crippen molar-refractivity contribution in [1.82, 2.24) is 19.7 Å². The Balaban J connectivity index is 2.29. The highest BCUT2D eigenvalue weighted by molar-refractivity contribution is 5.23. The predicted octanol–water partition coefficient (Wildman–Crippen LogP) is 1.20. The van der Waals surface area contributed by atoms with E-state index in [9.17, 15) is 4.39 Å². The summed E-state index contributed by atoms with van der Waals surface area (Å²) in [6.45, 7) is 2.44. The molecule has 0 saturated heterocycles. The summed E-state index contributed by atoms with van der Waals surface area (Å²) in [5, 5.41) is 3.98. The average molecular weight is 208 g/mol. The van der Waals surface area contributed by atoms with Gasteiger partial charge in [0.05, 0.1) is 19.0 Å². The quantitative estimate of drug-likeness (QED) is 0.711. The van der Waals surface area contributed by atoms with Gasteiger partial charge in [0.2, 0.25) is 5.95 Å². The van der Waals surface area contributed by atoms with E-state index in [1.54, 1.807) is 12.4 Å². The minimum absolute atomic E-state index is 0.369. The van der Waals surface area contributed by atoms with Crippen molar-refractivity contribution in [3.05, 3.63) is 30.7 Å². The van der Waals surface area contributed by atoms with Gasteiger partial charge in [-0.1, -0.05) is 0 Å². The monoisotopic (exact) mass is 208 g/mol. The Bertz CT molecular complexity index is 457. The second-order valence-electron chi connectivity index (χ2n) is 2.75. The van der Waals surface area contributed by atoms with E-state index in [0.29, 0.717) is 18.2 Å². The molecular formula is C9H9FN4O. The van der Waals surface area contributed by atoms with E-state index in [1.165, 1.54) is 10.7 Å². The number of hydrogen-bond donors (Lipinski definition) is 0. The molecule has 6 heteroatoms. The van der Waals surface area contributed by atoms with Crippen LogP contribution < -0.4 is 4.74 Å². The Morgan fingerprint density at radius 2 is 2.33 bits per heavy atom. The summed E-state index contributed by atoms with van der Waals surface area (Å²) in [6, 6.07) is 1.20. The number of ether oxygens (including phenoxy) is 1. The minimum atomic E-state index is -0.589. The molecule has 0 unspecified atom stereocenters. The van der Waals surface area contributed by atoms with Crippen LogP contribution in [-0.4, -0.2) is 26.4 Å². The highest BCUT2D eigenvalue weighted by Crippen LogP contribution is 2.11. The lowest BCUT2D eigenvalue weighted by Crippen LogP contribution is -1.99. The molecule has 2 heterocycles. The van der Waals surface area contributed by atoms with Crippen molar-refractivity contribution in [2.45, 2.75) is 6.92 Å². The highest BCUT2D eigenvalue weighted by Gasteiger charge is 2.03. The Morgan fingerprint density at radius 3 is 3.07 bits per heavy atom. The van der Waals surface area contributed by atoms with Crippen LogP contribution in [0.5, 0.6) is 5.75 Å². The zero-order chi connectivity index (χ0) is 10.7. The Morgan fingerprint density at radius 1 is 1.47 bits per heavy atom. The number of nitrogens with zero attached hydrogens (tertiary/aromatic N) is 4. The molecule has 0 amide bonds. The summed E-state index contributed by atoms with van der Waals surface area (Å²) >= 11 is 0. The van der Waals surface area contributed by atoms with Gasteiger partial charge in [-0.05, 0) is 6.92 Å². The van der Waals surface area contributed by atoms with E-state index in [2.05, 4.69) is 15.1 Å². The van der Waals surface area contributed by atoms with Gasteiger partial charge in [0, 0.05) is 6.07 Å². The van der Waals surface area contributed by atoms with Gasteiger partial charge in [-0.2, -0.15) is 9.49 Å². The van der Waals surface area contributed by atoms with Crippen LogP contribution in [0.15, 0.2) is 24.8 Å². The van der Waals surface area contributed by atoms with Crippen molar-refractivity contribution < 1.29 is 9.13 Å². The summed E-state index contributed by atoms with van der Waals surface area (Å²) < 4.78 is 19.4. The Labute approximate surface area is 85.5 Å². The van der Waals surface area contributed by atoms with E-state index in [-0.39, 0.29) is 0 Å². The van der Waals surface area contributed by atoms with Gasteiger partial charge in [0.15, 0.2) is 11.6 Å². The topological polar surface area (TPSA) is 52.8 Å². The van der Waals surface area contributed by atoms with Crippen LogP contribution in [0.3, 0.4) is 0 Å². The van der Waals surface area contributed by atoms with E-state index in [0.717, 1.165) is 6.33 Å². The fraction of sp³-hybridized carbons (Fsp3) is 0.222. The van der Waals surface area contributed by atoms with Crippen molar-refractivity contribution in [3.8, 4) is 11.6 Å². The lowest BCUT2D eigenvalue weighted by Gasteiger charge is -1.98. The van der Waals surface area contributed by atoms with Gasteiger partial charge in [0.1, 0.15) is 6.33 Å². The van der Waals surface area contributed by atoms with E-state index >= 15 is 0 Å². The molecule has 2 aromatic heterocycles. The summed E-state index contributed by atoms with van der Waals surface area (Å²) in [5.74, 6) is 0.401. The van der Waals surface area contributed by atoms with Gasteiger partial charge < -0.3 is 4.74 Å². The van der Waals surface area contributed by atoms with Crippen molar-refractivity contribution in [2.75, 3.05) is 6.61 Å². The van der Waals surface area contributed by atoms with Crippen LogP contribution in [-0.2, 0) is 0 Å². The first kappa shape index (κ1) is 9.57. The zero-order valence-electron chi connectivity index (χ0n) is 8.09. The van der Waals surface area contributed by atoms with Gasteiger partial charge in [0.25, 0.3) is 0 Å². The normalized spacial score (nSPS) is 10.3. The molecule has 78 valence electrons. The molecule has 2 rings (SSSR count). The molecule has 0 aliphatic rings. The molecule has 0 aromatic carbocycles. The summed E-state index contributed by atoms with van der Waals surface area (Å²) in [4.78, 5) is 7.24. The first-order chi connectivity index (χ1) is 7.29. The molecule has 0 saturated carbocycles. The molecule has 0 aliphatic carbocycles. The number of halogens is 1. The molecule has 0 fully saturated rings. The maximum Gasteiger partial charge on any atom is 0.218 e. The molecule has 0 bridgehead atoms. The second-order valence-corrected chi connectivity index (χ2v) is 2.75. The third-order valence-electron chi connectivity index (χ3n) is 1.72. The van der Waals surface area contributed by atoms with Crippen molar-refractivity contribution in [2.24, 2.45) is 0 Å². The first-order valence-electron chi connectivity index (χ1n) is 4.45. The van der Waals surface area contributed by atoms with Gasteiger partial charge in [-0.25, -0.2) is 14.6 Å². The number of rotatable bonds is 3.